The summed E-state index contributed by atoms with van der Waals surface area (Å²) in [6, 6.07) is 0.740. The highest BCUT2D eigenvalue weighted by Gasteiger charge is 2.25. The van der Waals surface area contributed by atoms with Gasteiger partial charge in [0.05, 0.1) is 0 Å². The maximum absolute atomic E-state index is 4.41. The molecule has 1 rings (SSSR count). The molecule has 0 unspecified atom stereocenters. The second-order valence-corrected chi connectivity index (χ2v) is 4.28. The Labute approximate surface area is 75.0 Å². The Hall–Kier alpha value is 0.270. The second kappa shape index (κ2) is 3.78. The van der Waals surface area contributed by atoms with Gasteiger partial charge in [-0.25, -0.2) is 0 Å². The second-order valence-electron chi connectivity index (χ2n) is 3.53. The zero-order valence-electron chi connectivity index (χ0n) is 7.62. The fourth-order valence-corrected chi connectivity index (χ4v) is 1.74. The van der Waals surface area contributed by atoms with Crippen LogP contribution in [-0.4, -0.2) is 48.4 Å². The Kier molecular flexibility index (Phi) is 3.22. The molecule has 1 heterocycles. The van der Waals surface area contributed by atoms with Crippen LogP contribution in [0.25, 0.3) is 0 Å². The molecular weight excluding hydrogens is 156 g/mol. The first-order chi connectivity index (χ1) is 5.11. The number of likely N-dealkylation sites (tertiary alicyclic amines) is 1. The van der Waals surface area contributed by atoms with Gasteiger partial charge in [-0.3, -0.25) is 4.90 Å². The van der Waals surface area contributed by atoms with Gasteiger partial charge in [0.1, 0.15) is 0 Å². The van der Waals surface area contributed by atoms with Gasteiger partial charge < -0.3 is 4.90 Å². The molecule has 0 aromatic carbocycles. The molecule has 0 bridgehead atoms. The van der Waals surface area contributed by atoms with Crippen molar-refractivity contribution in [3.05, 3.63) is 0 Å². The van der Waals surface area contributed by atoms with Crippen molar-refractivity contribution in [2.45, 2.75) is 24.8 Å². The molecule has 1 aliphatic rings. The third-order valence-electron chi connectivity index (χ3n) is 2.45. The van der Waals surface area contributed by atoms with Crippen LogP contribution in [0.4, 0.5) is 0 Å². The molecule has 2 nitrogen and oxygen atoms in total. The van der Waals surface area contributed by atoms with E-state index in [0.717, 1.165) is 6.04 Å². The highest BCUT2D eigenvalue weighted by atomic mass is 32.1. The minimum absolute atomic E-state index is 0.417. The lowest BCUT2D eigenvalue weighted by Gasteiger charge is -2.22. The van der Waals surface area contributed by atoms with Gasteiger partial charge in [0.15, 0.2) is 0 Å². The first-order valence-corrected chi connectivity index (χ1v) is 4.71. The number of likely N-dealkylation sites (N-methyl/N-ethyl adjacent to an activating group) is 1. The molecule has 0 saturated carbocycles. The van der Waals surface area contributed by atoms with E-state index in [9.17, 15) is 0 Å². The van der Waals surface area contributed by atoms with Crippen LogP contribution < -0.4 is 0 Å². The van der Waals surface area contributed by atoms with Crippen LogP contribution in [-0.2, 0) is 0 Å². The highest BCUT2D eigenvalue weighted by molar-refractivity contribution is 7.80. The molecule has 66 valence electrons. The molecule has 0 aliphatic carbocycles. The molecule has 1 saturated heterocycles. The van der Waals surface area contributed by atoms with Crippen molar-refractivity contribution in [3.63, 3.8) is 0 Å². The molecule has 0 aromatic rings. The summed E-state index contributed by atoms with van der Waals surface area (Å²) in [6.07, 6.45) is 1.29. The molecule has 0 aromatic heterocycles. The summed E-state index contributed by atoms with van der Waals surface area (Å²) in [4.78, 5) is 4.71. The third-order valence-corrected chi connectivity index (χ3v) is 2.78. The van der Waals surface area contributed by atoms with Crippen LogP contribution >= 0.6 is 12.6 Å². The van der Waals surface area contributed by atoms with E-state index in [1.54, 1.807) is 0 Å². The standard InChI is InChI=1S/C8H18N2S/c1-7(11)10-5-4-8(6-10)9(2)3/h7-8,11H,4-6H2,1-3H3/t7-,8+/m1/s1. The zero-order chi connectivity index (χ0) is 8.43. The molecule has 3 heteroatoms. The van der Waals surface area contributed by atoms with E-state index < -0.39 is 0 Å². The minimum Gasteiger partial charge on any atom is -0.305 e. The van der Waals surface area contributed by atoms with Gasteiger partial charge in [-0.15, -0.1) is 0 Å². The topological polar surface area (TPSA) is 6.48 Å². The van der Waals surface area contributed by atoms with Gasteiger partial charge in [0, 0.05) is 24.5 Å². The number of hydrogen-bond acceptors (Lipinski definition) is 3. The molecule has 1 fully saturated rings. The van der Waals surface area contributed by atoms with Crippen molar-refractivity contribution >= 4 is 12.6 Å². The largest absolute Gasteiger partial charge is 0.305 e. The van der Waals surface area contributed by atoms with Crippen LogP contribution in [0, 0.1) is 0 Å². The average Bonchev–Trinajstić information content (AvgIpc) is 2.33. The summed E-state index contributed by atoms with van der Waals surface area (Å²) >= 11 is 4.41. The molecular formula is C8H18N2S. The van der Waals surface area contributed by atoms with E-state index in [0.29, 0.717) is 5.37 Å². The van der Waals surface area contributed by atoms with Gasteiger partial charge in [-0.1, -0.05) is 0 Å². The molecule has 11 heavy (non-hydrogen) atoms. The summed E-state index contributed by atoms with van der Waals surface area (Å²) < 4.78 is 0. The Morgan fingerprint density at radius 3 is 2.45 bits per heavy atom. The van der Waals surface area contributed by atoms with Crippen molar-refractivity contribution in [3.8, 4) is 0 Å². The predicted molar refractivity (Wildman–Crippen MR) is 52.1 cm³/mol. The quantitative estimate of drug-likeness (QED) is 0.621. The molecule has 0 amide bonds. The fourth-order valence-electron chi connectivity index (χ4n) is 1.53. The van der Waals surface area contributed by atoms with Crippen LogP contribution in [0.5, 0.6) is 0 Å². The zero-order valence-corrected chi connectivity index (χ0v) is 8.51. The molecule has 0 N–H and O–H groups in total. The Bertz CT molecular complexity index is 111. The SMILES string of the molecule is C[C@@H](S)N1CC[C@H](N(C)C)C1. The highest BCUT2D eigenvalue weighted by Crippen LogP contribution is 2.16. The molecule has 0 spiro atoms. The number of rotatable bonds is 2. The van der Waals surface area contributed by atoms with E-state index >= 15 is 0 Å². The summed E-state index contributed by atoms with van der Waals surface area (Å²) in [7, 11) is 4.30. The van der Waals surface area contributed by atoms with Crippen LogP contribution in [0.2, 0.25) is 0 Å². The van der Waals surface area contributed by atoms with Crippen molar-refractivity contribution in [2.75, 3.05) is 27.2 Å². The Morgan fingerprint density at radius 1 is 1.55 bits per heavy atom. The molecule has 2 atom stereocenters. The Balaban J connectivity index is 2.35. The van der Waals surface area contributed by atoms with Crippen molar-refractivity contribution in [2.24, 2.45) is 0 Å². The van der Waals surface area contributed by atoms with Crippen molar-refractivity contribution in [1.82, 2.24) is 9.80 Å². The summed E-state index contributed by atoms with van der Waals surface area (Å²) in [5.41, 5.74) is 0. The van der Waals surface area contributed by atoms with Crippen LogP contribution in [0.3, 0.4) is 0 Å². The van der Waals surface area contributed by atoms with Crippen LogP contribution in [0.1, 0.15) is 13.3 Å². The summed E-state index contributed by atoms with van der Waals surface area (Å²) in [6.45, 7) is 4.52. The maximum atomic E-state index is 4.41. The number of thiol groups is 1. The minimum atomic E-state index is 0.417. The van der Waals surface area contributed by atoms with Crippen molar-refractivity contribution < 1.29 is 0 Å². The van der Waals surface area contributed by atoms with Gasteiger partial charge >= 0.3 is 0 Å². The van der Waals surface area contributed by atoms with E-state index in [1.807, 2.05) is 0 Å². The monoisotopic (exact) mass is 174 g/mol. The summed E-state index contributed by atoms with van der Waals surface area (Å²) in [5, 5.41) is 0.417. The van der Waals surface area contributed by atoms with E-state index in [2.05, 4.69) is 43.4 Å². The van der Waals surface area contributed by atoms with Crippen molar-refractivity contribution in [1.29, 1.82) is 0 Å². The Morgan fingerprint density at radius 2 is 2.18 bits per heavy atom. The van der Waals surface area contributed by atoms with E-state index in [4.69, 9.17) is 0 Å². The van der Waals surface area contributed by atoms with Crippen LogP contribution in [0.15, 0.2) is 0 Å². The van der Waals surface area contributed by atoms with Gasteiger partial charge in [0.25, 0.3) is 0 Å². The number of hydrogen-bond donors (Lipinski definition) is 1. The predicted octanol–water partition coefficient (Wildman–Crippen LogP) is 0.898. The van der Waals surface area contributed by atoms with Gasteiger partial charge in [-0.05, 0) is 27.4 Å². The first-order valence-electron chi connectivity index (χ1n) is 4.20. The smallest absolute Gasteiger partial charge is 0.0499 e. The summed E-state index contributed by atoms with van der Waals surface area (Å²) in [5.74, 6) is 0. The number of nitrogens with zero attached hydrogens (tertiary/aromatic N) is 2. The average molecular weight is 174 g/mol. The third kappa shape index (κ3) is 2.36. The van der Waals surface area contributed by atoms with Gasteiger partial charge in [0.2, 0.25) is 0 Å². The van der Waals surface area contributed by atoms with E-state index in [-0.39, 0.29) is 0 Å². The van der Waals surface area contributed by atoms with Gasteiger partial charge in [-0.2, -0.15) is 12.6 Å². The first kappa shape index (κ1) is 9.36. The lowest BCUT2D eigenvalue weighted by Crippen LogP contribution is -2.33. The molecule has 1 aliphatic heterocycles. The lowest BCUT2D eigenvalue weighted by molar-refractivity contribution is 0.266. The lowest BCUT2D eigenvalue weighted by atomic mass is 10.2. The molecule has 0 radical (unpaired) electrons. The maximum Gasteiger partial charge on any atom is 0.0499 e. The van der Waals surface area contributed by atoms with E-state index in [1.165, 1.54) is 19.5 Å². The fraction of sp³-hybridized carbons (Fsp3) is 1.00. The normalized spacial score (nSPS) is 29.7.